The highest BCUT2D eigenvalue weighted by Gasteiger charge is 2.14. The molecule has 0 saturated carbocycles. The van der Waals surface area contributed by atoms with Crippen molar-refractivity contribution in [2.75, 3.05) is 19.6 Å². The smallest absolute Gasteiger partial charge is 0.269 e. The molecule has 122 valence electrons. The Kier molecular flexibility index (Phi) is 7.84. The maximum atomic E-state index is 11.7. The van der Waals surface area contributed by atoms with Crippen molar-refractivity contribution in [2.24, 2.45) is 5.92 Å². The summed E-state index contributed by atoms with van der Waals surface area (Å²) in [5.41, 5.74) is 0.890. The van der Waals surface area contributed by atoms with Gasteiger partial charge in [-0.3, -0.25) is 14.9 Å². The predicted molar refractivity (Wildman–Crippen MR) is 87.3 cm³/mol. The van der Waals surface area contributed by atoms with Crippen LogP contribution in [0.5, 0.6) is 0 Å². The summed E-state index contributed by atoms with van der Waals surface area (Å²) in [5.74, 6) is 0.675. The predicted octanol–water partition coefficient (Wildman–Crippen LogP) is 2.06. The van der Waals surface area contributed by atoms with Gasteiger partial charge in [-0.05, 0) is 43.8 Å². The number of nitro benzene ring substituents is 1. The van der Waals surface area contributed by atoms with E-state index in [4.69, 9.17) is 0 Å². The minimum Gasteiger partial charge on any atom is -0.356 e. The third kappa shape index (κ3) is 5.99. The van der Waals surface area contributed by atoms with Gasteiger partial charge in [-0.2, -0.15) is 0 Å². The van der Waals surface area contributed by atoms with Gasteiger partial charge < -0.3 is 10.6 Å². The lowest BCUT2D eigenvalue weighted by molar-refractivity contribution is -0.384. The van der Waals surface area contributed by atoms with Crippen LogP contribution in [0.1, 0.15) is 24.8 Å². The number of nitrogens with one attached hydrogen (secondary N) is 2. The van der Waals surface area contributed by atoms with E-state index in [1.165, 1.54) is 18.6 Å². The lowest BCUT2D eigenvalue weighted by Gasteiger charge is -2.09. The first-order valence-electron chi connectivity index (χ1n) is 7.36. The van der Waals surface area contributed by atoms with E-state index in [1.54, 1.807) is 6.07 Å². The van der Waals surface area contributed by atoms with Gasteiger partial charge in [0.2, 0.25) is 5.91 Å². The Bertz CT molecular complexity index is 505. The second-order valence-electron chi connectivity index (χ2n) is 5.42. The van der Waals surface area contributed by atoms with Crippen LogP contribution in [-0.4, -0.2) is 30.5 Å². The second-order valence-corrected chi connectivity index (χ2v) is 5.42. The third-order valence-electron chi connectivity index (χ3n) is 3.80. The molecule has 1 unspecified atom stereocenters. The topological polar surface area (TPSA) is 84.3 Å². The van der Waals surface area contributed by atoms with Crippen LogP contribution in [0.15, 0.2) is 24.3 Å². The standard InChI is InChI=1S/C15H21N3O3.ClH/c19-15(17-9-7-13-6-8-16-11-13)5-4-12-2-1-3-14(10-12)18(20)21;/h1-3,10,13,16H,4-9,11H2,(H,17,19);1H. The minimum atomic E-state index is -0.417. The Morgan fingerprint density at radius 2 is 2.27 bits per heavy atom. The van der Waals surface area contributed by atoms with Gasteiger partial charge in [0.1, 0.15) is 0 Å². The quantitative estimate of drug-likeness (QED) is 0.593. The average Bonchev–Trinajstić information content (AvgIpc) is 2.99. The van der Waals surface area contributed by atoms with Crippen LogP contribution in [0.3, 0.4) is 0 Å². The lowest BCUT2D eigenvalue weighted by atomic mass is 10.1. The summed E-state index contributed by atoms with van der Waals surface area (Å²) in [5, 5.41) is 16.9. The van der Waals surface area contributed by atoms with Crippen molar-refractivity contribution in [3.05, 3.63) is 39.9 Å². The number of benzene rings is 1. The van der Waals surface area contributed by atoms with E-state index in [0.717, 1.165) is 25.1 Å². The number of rotatable bonds is 7. The molecule has 0 spiro atoms. The molecular weight excluding hydrogens is 306 g/mol. The highest BCUT2D eigenvalue weighted by molar-refractivity contribution is 5.85. The van der Waals surface area contributed by atoms with Crippen molar-refractivity contribution >= 4 is 24.0 Å². The van der Waals surface area contributed by atoms with E-state index in [9.17, 15) is 14.9 Å². The molecule has 1 saturated heterocycles. The third-order valence-corrected chi connectivity index (χ3v) is 3.80. The molecule has 6 nitrogen and oxygen atoms in total. The number of aryl methyl sites for hydroxylation is 1. The van der Waals surface area contributed by atoms with Crippen LogP contribution in [0.4, 0.5) is 5.69 Å². The molecule has 0 bridgehead atoms. The first-order valence-corrected chi connectivity index (χ1v) is 7.36. The van der Waals surface area contributed by atoms with Crippen LogP contribution < -0.4 is 10.6 Å². The summed E-state index contributed by atoms with van der Waals surface area (Å²) in [4.78, 5) is 22.0. The monoisotopic (exact) mass is 327 g/mol. The number of hydrogen-bond acceptors (Lipinski definition) is 4. The molecule has 0 radical (unpaired) electrons. The number of carbonyl (C=O) groups excluding carboxylic acids is 1. The zero-order chi connectivity index (χ0) is 15.1. The van der Waals surface area contributed by atoms with E-state index >= 15 is 0 Å². The molecule has 0 aromatic heterocycles. The van der Waals surface area contributed by atoms with Crippen molar-refractivity contribution < 1.29 is 9.72 Å². The summed E-state index contributed by atoms with van der Waals surface area (Å²) in [6.07, 6.45) is 3.09. The molecule has 22 heavy (non-hydrogen) atoms. The number of nitro groups is 1. The van der Waals surface area contributed by atoms with E-state index in [1.807, 2.05) is 6.07 Å². The van der Waals surface area contributed by atoms with Crippen LogP contribution in [0.25, 0.3) is 0 Å². The van der Waals surface area contributed by atoms with Gasteiger partial charge in [0.05, 0.1) is 4.92 Å². The van der Waals surface area contributed by atoms with Gasteiger partial charge in [-0.25, -0.2) is 0 Å². The molecule has 1 atom stereocenters. The van der Waals surface area contributed by atoms with Gasteiger partial charge in [-0.1, -0.05) is 12.1 Å². The maximum Gasteiger partial charge on any atom is 0.269 e. The van der Waals surface area contributed by atoms with Crippen molar-refractivity contribution in [3.8, 4) is 0 Å². The molecule has 1 aromatic carbocycles. The largest absolute Gasteiger partial charge is 0.356 e. The molecule has 1 amide bonds. The molecular formula is C15H22ClN3O3. The molecule has 1 fully saturated rings. The average molecular weight is 328 g/mol. The van der Waals surface area contributed by atoms with Gasteiger partial charge in [-0.15, -0.1) is 12.4 Å². The van der Waals surface area contributed by atoms with E-state index in [-0.39, 0.29) is 24.0 Å². The normalized spacial score (nSPS) is 16.8. The Labute approximate surface area is 136 Å². The molecule has 1 aliphatic rings. The highest BCUT2D eigenvalue weighted by atomic mass is 35.5. The van der Waals surface area contributed by atoms with Crippen molar-refractivity contribution in [1.29, 1.82) is 0 Å². The second kappa shape index (κ2) is 9.38. The number of non-ortho nitro benzene ring substituents is 1. The molecule has 1 aliphatic heterocycles. The van der Waals surface area contributed by atoms with Gasteiger partial charge >= 0.3 is 0 Å². The summed E-state index contributed by atoms with van der Waals surface area (Å²) in [7, 11) is 0. The molecule has 2 N–H and O–H groups in total. The molecule has 2 rings (SSSR count). The fourth-order valence-electron chi connectivity index (χ4n) is 2.55. The van der Waals surface area contributed by atoms with E-state index in [2.05, 4.69) is 10.6 Å². The van der Waals surface area contributed by atoms with E-state index in [0.29, 0.717) is 25.3 Å². The van der Waals surface area contributed by atoms with Crippen LogP contribution in [-0.2, 0) is 11.2 Å². The van der Waals surface area contributed by atoms with E-state index < -0.39 is 4.92 Å². The summed E-state index contributed by atoms with van der Waals surface area (Å²) in [6, 6.07) is 6.44. The van der Waals surface area contributed by atoms with Gasteiger partial charge in [0, 0.05) is 25.1 Å². The van der Waals surface area contributed by atoms with Crippen molar-refractivity contribution in [2.45, 2.75) is 25.7 Å². The Balaban J connectivity index is 0.00000242. The lowest BCUT2D eigenvalue weighted by Crippen LogP contribution is -2.26. The number of amides is 1. The fourth-order valence-corrected chi connectivity index (χ4v) is 2.55. The Morgan fingerprint density at radius 1 is 1.45 bits per heavy atom. The van der Waals surface area contributed by atoms with Gasteiger partial charge in [0.25, 0.3) is 5.69 Å². The summed E-state index contributed by atoms with van der Waals surface area (Å²) < 4.78 is 0. The SMILES string of the molecule is Cl.O=C(CCc1cccc([N+](=O)[O-])c1)NCCC1CCNC1. The minimum absolute atomic E-state index is 0. The van der Waals surface area contributed by atoms with Crippen LogP contribution in [0.2, 0.25) is 0 Å². The summed E-state index contributed by atoms with van der Waals surface area (Å²) in [6.45, 7) is 2.83. The van der Waals surface area contributed by atoms with Crippen molar-refractivity contribution in [3.63, 3.8) is 0 Å². The first kappa shape index (κ1) is 18.4. The van der Waals surface area contributed by atoms with Gasteiger partial charge in [0.15, 0.2) is 0 Å². The molecule has 7 heteroatoms. The van der Waals surface area contributed by atoms with Crippen LogP contribution in [0, 0.1) is 16.0 Å². The Morgan fingerprint density at radius 3 is 2.95 bits per heavy atom. The zero-order valence-corrected chi connectivity index (χ0v) is 13.2. The fraction of sp³-hybridized carbons (Fsp3) is 0.533. The molecule has 0 aliphatic carbocycles. The number of carbonyl (C=O) groups is 1. The van der Waals surface area contributed by atoms with Crippen molar-refractivity contribution in [1.82, 2.24) is 10.6 Å². The summed E-state index contributed by atoms with van der Waals surface area (Å²) >= 11 is 0. The number of nitrogens with zero attached hydrogens (tertiary/aromatic N) is 1. The molecule has 1 aromatic rings. The molecule has 1 heterocycles. The zero-order valence-electron chi connectivity index (χ0n) is 12.4. The Hall–Kier alpha value is -1.66. The first-order chi connectivity index (χ1) is 10.1. The number of halogens is 1. The maximum absolute atomic E-state index is 11.7. The highest BCUT2D eigenvalue weighted by Crippen LogP contribution is 2.14. The number of hydrogen-bond donors (Lipinski definition) is 2. The van der Waals surface area contributed by atoms with Crippen LogP contribution >= 0.6 is 12.4 Å².